The first-order chi connectivity index (χ1) is 20.9. The van der Waals surface area contributed by atoms with Gasteiger partial charge < -0.3 is 29.1 Å². The number of carbonyl (C=O) groups is 2. The number of piperidine rings is 1. The first-order valence-corrected chi connectivity index (χ1v) is 18.9. The van der Waals surface area contributed by atoms with Gasteiger partial charge in [0.25, 0.3) is 5.91 Å². The molecule has 10 nitrogen and oxygen atoms in total. The number of amides is 2. The molecule has 1 saturated carbocycles. The van der Waals surface area contributed by atoms with E-state index in [4.69, 9.17) is 13.6 Å². The van der Waals surface area contributed by atoms with Gasteiger partial charge in [-0.1, -0.05) is 34.6 Å². The molecule has 3 aromatic heterocycles. The molecular weight excluding hydrogens is 586 g/mol. The fraction of sp³-hybridized carbons (Fsp3) is 0.588. The van der Waals surface area contributed by atoms with Crippen LogP contribution in [0.2, 0.25) is 18.1 Å². The van der Waals surface area contributed by atoms with E-state index < -0.39 is 20.0 Å². The molecule has 3 aromatic rings. The van der Waals surface area contributed by atoms with E-state index in [9.17, 15) is 9.59 Å². The fourth-order valence-electron chi connectivity index (χ4n) is 5.67. The third-order valence-corrected chi connectivity index (χ3v) is 13.8. The summed E-state index contributed by atoms with van der Waals surface area (Å²) in [5.74, 6) is 1.69. The fourth-order valence-corrected chi connectivity index (χ4v) is 7.10. The number of furan rings is 1. The summed E-state index contributed by atoms with van der Waals surface area (Å²) < 4.78 is 18.6. The highest BCUT2D eigenvalue weighted by atomic mass is 28.4. The topological polar surface area (TPSA) is 119 Å². The smallest absolute Gasteiger partial charge is 0.408 e. The van der Waals surface area contributed by atoms with Crippen molar-refractivity contribution in [2.75, 3.05) is 23.3 Å². The molecule has 2 unspecified atom stereocenters. The summed E-state index contributed by atoms with van der Waals surface area (Å²) in [5.41, 5.74) is 1.46. The number of hydrogen-bond acceptors (Lipinski definition) is 8. The maximum atomic E-state index is 13.5. The molecule has 5 atom stereocenters. The van der Waals surface area contributed by atoms with Crippen LogP contribution in [0, 0.1) is 11.8 Å². The molecule has 0 bridgehead atoms. The Labute approximate surface area is 267 Å². The molecule has 2 amide bonds. The molecule has 4 heterocycles. The Morgan fingerprint density at radius 2 is 1.76 bits per heavy atom. The number of nitrogens with zero attached hydrogens (tertiary/aromatic N) is 3. The maximum absolute atomic E-state index is 13.5. The first-order valence-electron chi connectivity index (χ1n) is 16.0. The third-order valence-electron chi connectivity index (χ3n) is 9.32. The van der Waals surface area contributed by atoms with Gasteiger partial charge in [0.15, 0.2) is 8.32 Å². The number of pyridine rings is 2. The van der Waals surface area contributed by atoms with Crippen molar-refractivity contribution < 1.29 is 23.2 Å². The standard InChI is InChI=1S/C34H49N5O5Si/c1-20-15-23(20)28-16-22-11-12-24(37-31(22)42-28)30(40)36-25-17-35-14-13-27(25)39-18-21(2)29(44-45(9,10)34(6,7)8)26(19-39)38-32(41)43-33(3,4)5/h11-14,16-17,20-21,23,26,29H,15,18-19H2,1-10H3,(H,36,40)(H,38,41)/t20?,21-,23?,26+,29+/m0/s1. The zero-order valence-corrected chi connectivity index (χ0v) is 29.4. The van der Waals surface area contributed by atoms with Crippen LogP contribution in [0.15, 0.2) is 41.1 Å². The SMILES string of the molecule is CC1CC1c1cc2ccc(C(=O)Nc3cnccc3N3C[C@H](C)[C@@H](O[Si](C)(C)C(C)(C)C)[C@H](NC(=O)OC(C)(C)C)C3)nc2o1. The number of aromatic nitrogens is 2. The van der Waals surface area contributed by atoms with E-state index in [1.165, 1.54) is 0 Å². The molecule has 1 aliphatic heterocycles. The minimum absolute atomic E-state index is 0.00740. The Morgan fingerprint density at radius 1 is 1.04 bits per heavy atom. The lowest BCUT2D eigenvalue weighted by molar-refractivity contribution is 0.0336. The van der Waals surface area contributed by atoms with Crippen LogP contribution in [0.5, 0.6) is 0 Å². The minimum Gasteiger partial charge on any atom is -0.444 e. The summed E-state index contributed by atoms with van der Waals surface area (Å²) in [5, 5.41) is 7.04. The van der Waals surface area contributed by atoms with Gasteiger partial charge in [0.1, 0.15) is 17.1 Å². The molecule has 0 spiro atoms. The lowest BCUT2D eigenvalue weighted by Crippen LogP contribution is -2.63. The molecule has 0 radical (unpaired) electrons. The summed E-state index contributed by atoms with van der Waals surface area (Å²) in [7, 11) is -2.16. The number of carbonyl (C=O) groups excluding carboxylic acids is 2. The summed E-state index contributed by atoms with van der Waals surface area (Å²) in [6.45, 7) is 22.1. The predicted octanol–water partition coefficient (Wildman–Crippen LogP) is 7.34. The minimum atomic E-state index is -2.16. The summed E-state index contributed by atoms with van der Waals surface area (Å²) in [4.78, 5) is 37.5. The summed E-state index contributed by atoms with van der Waals surface area (Å²) in [6, 6.07) is 7.16. The number of hydrogen-bond donors (Lipinski definition) is 2. The molecule has 2 aliphatic rings. The van der Waals surface area contributed by atoms with Crippen LogP contribution >= 0.6 is 0 Å². The highest BCUT2D eigenvalue weighted by Crippen LogP contribution is 2.48. The summed E-state index contributed by atoms with van der Waals surface area (Å²) >= 11 is 0. The van der Waals surface area contributed by atoms with Crippen molar-refractivity contribution in [3.05, 3.63) is 48.1 Å². The van der Waals surface area contributed by atoms with Crippen LogP contribution in [0.4, 0.5) is 16.2 Å². The van der Waals surface area contributed by atoms with Crippen molar-refractivity contribution in [3.63, 3.8) is 0 Å². The zero-order valence-electron chi connectivity index (χ0n) is 28.4. The molecule has 244 valence electrons. The lowest BCUT2D eigenvalue weighted by Gasteiger charge is -2.48. The Balaban J connectivity index is 1.37. The normalized spacial score (nSPS) is 24.0. The second kappa shape index (κ2) is 12.1. The van der Waals surface area contributed by atoms with Crippen molar-refractivity contribution in [1.29, 1.82) is 0 Å². The average molecular weight is 636 g/mol. The molecule has 45 heavy (non-hydrogen) atoms. The number of rotatable bonds is 7. The van der Waals surface area contributed by atoms with Crippen molar-refractivity contribution in [2.24, 2.45) is 11.8 Å². The van der Waals surface area contributed by atoms with Crippen LogP contribution in [-0.4, -0.2) is 61.1 Å². The molecule has 1 saturated heterocycles. The highest BCUT2D eigenvalue weighted by molar-refractivity contribution is 6.74. The van der Waals surface area contributed by atoms with Crippen molar-refractivity contribution in [3.8, 4) is 0 Å². The number of anilines is 2. The van der Waals surface area contributed by atoms with Gasteiger partial charge >= 0.3 is 6.09 Å². The second-order valence-corrected chi connectivity index (χ2v) is 20.1. The zero-order chi connectivity index (χ0) is 32.9. The number of alkyl carbamates (subject to hydrolysis) is 1. The number of fused-ring (bicyclic) bond motifs is 1. The molecular formula is C34H49N5O5Si. The molecule has 5 rings (SSSR count). The van der Waals surface area contributed by atoms with Crippen LogP contribution in [-0.2, 0) is 9.16 Å². The third kappa shape index (κ3) is 7.52. The first kappa shape index (κ1) is 32.9. The second-order valence-electron chi connectivity index (χ2n) is 15.4. The monoisotopic (exact) mass is 635 g/mol. The molecule has 1 aliphatic carbocycles. The van der Waals surface area contributed by atoms with Gasteiger partial charge in [-0.25, -0.2) is 9.78 Å². The largest absolute Gasteiger partial charge is 0.444 e. The predicted molar refractivity (Wildman–Crippen MR) is 179 cm³/mol. The average Bonchev–Trinajstić information content (AvgIpc) is 3.50. The van der Waals surface area contributed by atoms with Crippen LogP contribution in [0.25, 0.3) is 11.1 Å². The van der Waals surface area contributed by atoms with Gasteiger partial charge in [-0.05, 0) is 75.5 Å². The number of ether oxygens (including phenoxy) is 1. The van der Waals surface area contributed by atoms with Gasteiger partial charge in [0, 0.05) is 36.5 Å². The van der Waals surface area contributed by atoms with Crippen molar-refractivity contribution >= 4 is 42.8 Å². The summed E-state index contributed by atoms with van der Waals surface area (Å²) in [6.07, 6.45) is 3.78. The van der Waals surface area contributed by atoms with Gasteiger partial charge in [0.05, 0.1) is 29.7 Å². The molecule has 2 fully saturated rings. The van der Waals surface area contributed by atoms with Gasteiger partial charge in [-0.2, -0.15) is 0 Å². The number of nitrogens with one attached hydrogen (secondary N) is 2. The van der Waals surface area contributed by atoms with Crippen LogP contribution in [0.3, 0.4) is 0 Å². The molecule has 2 N–H and O–H groups in total. The van der Waals surface area contributed by atoms with E-state index in [1.807, 2.05) is 39.0 Å². The van der Waals surface area contributed by atoms with Crippen molar-refractivity contribution in [1.82, 2.24) is 15.3 Å². The Morgan fingerprint density at radius 3 is 2.40 bits per heavy atom. The van der Waals surface area contributed by atoms with E-state index in [1.54, 1.807) is 18.5 Å². The lowest BCUT2D eigenvalue weighted by atomic mass is 9.92. The molecule has 0 aromatic carbocycles. The highest BCUT2D eigenvalue weighted by Gasteiger charge is 2.45. The Bertz CT molecular complexity index is 1560. The Kier molecular flexibility index (Phi) is 8.82. The Hall–Kier alpha value is -3.44. The van der Waals surface area contributed by atoms with E-state index in [0.717, 1.165) is 23.3 Å². The van der Waals surface area contributed by atoms with E-state index in [-0.39, 0.29) is 34.7 Å². The quantitative estimate of drug-likeness (QED) is 0.259. The van der Waals surface area contributed by atoms with E-state index >= 15 is 0 Å². The van der Waals surface area contributed by atoms with Gasteiger partial charge in [-0.3, -0.25) is 9.78 Å². The van der Waals surface area contributed by atoms with Crippen LogP contribution < -0.4 is 15.5 Å². The van der Waals surface area contributed by atoms with Gasteiger partial charge in [-0.15, -0.1) is 0 Å². The van der Waals surface area contributed by atoms with Crippen molar-refractivity contribution in [2.45, 2.75) is 104 Å². The maximum Gasteiger partial charge on any atom is 0.408 e. The van der Waals surface area contributed by atoms with E-state index in [0.29, 0.717) is 36.3 Å². The van der Waals surface area contributed by atoms with E-state index in [2.05, 4.69) is 73.2 Å². The molecule has 11 heteroatoms. The van der Waals surface area contributed by atoms with Crippen LogP contribution in [0.1, 0.15) is 84.0 Å². The van der Waals surface area contributed by atoms with Gasteiger partial charge in [0.2, 0.25) is 5.71 Å².